The first kappa shape index (κ1) is 19.2. The van der Waals surface area contributed by atoms with Crippen LogP contribution in [0.5, 0.6) is 0 Å². The second-order valence-electron chi connectivity index (χ2n) is 6.70. The minimum absolute atomic E-state index is 0.454. The summed E-state index contributed by atoms with van der Waals surface area (Å²) in [4.78, 5) is 29.5. The number of nitrogens with two attached hydrogens (primary N) is 1. The van der Waals surface area contributed by atoms with Crippen molar-refractivity contribution in [2.45, 2.75) is 10.8 Å². The highest BCUT2D eigenvalue weighted by Gasteiger charge is 2.22. The number of primary amides is 1. The second-order valence-corrected chi connectivity index (χ2v) is 7.70. The predicted molar refractivity (Wildman–Crippen MR) is 115 cm³/mol. The fourth-order valence-corrected chi connectivity index (χ4v) is 4.08. The molecule has 148 valence electrons. The van der Waals surface area contributed by atoms with Crippen LogP contribution < -0.4 is 15.5 Å². The van der Waals surface area contributed by atoms with Crippen molar-refractivity contribution < 1.29 is 4.79 Å². The third-order valence-corrected chi connectivity index (χ3v) is 5.75. The average molecular weight is 407 g/mol. The van der Waals surface area contributed by atoms with Crippen molar-refractivity contribution in [1.29, 1.82) is 0 Å². The molecule has 1 aliphatic heterocycles. The number of hydrogen-bond donors (Lipinski definition) is 1. The number of piperazine rings is 1. The Bertz CT molecular complexity index is 976. The molecule has 0 aliphatic carbocycles. The molecular formula is C21H22N6OS. The number of carbonyl (C=O) groups is 1. The van der Waals surface area contributed by atoms with Gasteiger partial charge in [-0.3, -0.25) is 9.78 Å². The van der Waals surface area contributed by atoms with Crippen LogP contribution >= 0.6 is 11.8 Å². The summed E-state index contributed by atoms with van der Waals surface area (Å²) in [7, 11) is 0. The van der Waals surface area contributed by atoms with Crippen LogP contribution in [0.3, 0.4) is 0 Å². The number of aromatic nitrogens is 3. The largest absolute Gasteiger partial charge is 0.365 e. The molecule has 29 heavy (non-hydrogen) atoms. The van der Waals surface area contributed by atoms with Gasteiger partial charge < -0.3 is 15.5 Å². The van der Waals surface area contributed by atoms with Gasteiger partial charge in [-0.15, -0.1) is 11.8 Å². The highest BCUT2D eigenvalue weighted by Crippen LogP contribution is 2.24. The summed E-state index contributed by atoms with van der Waals surface area (Å²) in [5.41, 5.74) is 7.21. The van der Waals surface area contributed by atoms with E-state index in [0.29, 0.717) is 11.4 Å². The van der Waals surface area contributed by atoms with E-state index in [1.807, 2.05) is 18.2 Å². The number of rotatable bonds is 6. The Labute approximate surface area is 174 Å². The van der Waals surface area contributed by atoms with Crippen LogP contribution in [0.2, 0.25) is 0 Å². The molecule has 3 heterocycles. The van der Waals surface area contributed by atoms with Crippen molar-refractivity contribution in [3.05, 3.63) is 72.2 Å². The third kappa shape index (κ3) is 4.65. The van der Waals surface area contributed by atoms with E-state index in [2.05, 4.69) is 31.9 Å². The van der Waals surface area contributed by atoms with E-state index in [4.69, 9.17) is 10.7 Å². The number of anilines is 2. The van der Waals surface area contributed by atoms with E-state index in [-0.39, 0.29) is 0 Å². The van der Waals surface area contributed by atoms with Crippen LogP contribution in [-0.2, 0) is 5.75 Å². The van der Waals surface area contributed by atoms with E-state index < -0.39 is 5.91 Å². The van der Waals surface area contributed by atoms with Crippen LogP contribution in [0.25, 0.3) is 0 Å². The standard InChI is InChI=1S/C21H22N6OS/c22-20(28)17-7-4-8-24-21(17)27-11-9-26(10-12-27)18-13-23-14-19(25-18)29-15-16-5-2-1-3-6-16/h1-8,13-14H,9-12,15H2,(H2,22,28). The van der Waals surface area contributed by atoms with Gasteiger partial charge >= 0.3 is 0 Å². The van der Waals surface area contributed by atoms with Gasteiger partial charge in [0.25, 0.3) is 5.91 Å². The lowest BCUT2D eigenvalue weighted by Gasteiger charge is -2.36. The van der Waals surface area contributed by atoms with Gasteiger partial charge in [-0.05, 0) is 17.7 Å². The fourth-order valence-electron chi connectivity index (χ4n) is 3.28. The van der Waals surface area contributed by atoms with E-state index >= 15 is 0 Å². The monoisotopic (exact) mass is 406 g/mol. The van der Waals surface area contributed by atoms with Crippen LogP contribution in [-0.4, -0.2) is 47.0 Å². The molecule has 2 aromatic heterocycles. The second kappa shape index (κ2) is 8.91. The Morgan fingerprint density at radius 3 is 2.52 bits per heavy atom. The SMILES string of the molecule is NC(=O)c1cccnc1N1CCN(c2cncc(SCc3ccccc3)n2)CC1. The molecule has 7 nitrogen and oxygen atoms in total. The van der Waals surface area contributed by atoms with Crippen molar-refractivity contribution >= 4 is 29.3 Å². The van der Waals surface area contributed by atoms with Crippen LogP contribution in [0.15, 0.2) is 66.1 Å². The quantitative estimate of drug-likeness (QED) is 0.630. The summed E-state index contributed by atoms with van der Waals surface area (Å²) < 4.78 is 0. The lowest BCUT2D eigenvalue weighted by molar-refractivity contribution is 0.100. The molecule has 0 spiro atoms. The van der Waals surface area contributed by atoms with Gasteiger partial charge in [0.05, 0.1) is 18.0 Å². The number of hydrogen-bond acceptors (Lipinski definition) is 7. The zero-order valence-corrected chi connectivity index (χ0v) is 16.8. The van der Waals surface area contributed by atoms with Gasteiger partial charge in [0, 0.05) is 38.1 Å². The molecule has 1 aliphatic rings. The smallest absolute Gasteiger partial charge is 0.252 e. The Balaban J connectivity index is 1.39. The first-order valence-corrected chi connectivity index (χ1v) is 10.4. The molecule has 0 atom stereocenters. The average Bonchev–Trinajstić information content (AvgIpc) is 2.79. The summed E-state index contributed by atoms with van der Waals surface area (Å²) in [6, 6.07) is 13.8. The van der Waals surface area contributed by atoms with Crippen LogP contribution in [0, 0.1) is 0 Å². The lowest BCUT2D eigenvalue weighted by Crippen LogP contribution is -2.47. The van der Waals surface area contributed by atoms with Gasteiger partial charge in [-0.2, -0.15) is 0 Å². The predicted octanol–water partition coefficient (Wildman–Crippen LogP) is 2.59. The van der Waals surface area contributed by atoms with Crippen LogP contribution in [0.1, 0.15) is 15.9 Å². The first-order valence-electron chi connectivity index (χ1n) is 9.44. The minimum Gasteiger partial charge on any atom is -0.365 e. The lowest BCUT2D eigenvalue weighted by atomic mass is 10.2. The zero-order valence-electron chi connectivity index (χ0n) is 15.9. The van der Waals surface area contributed by atoms with Gasteiger partial charge in [-0.1, -0.05) is 30.3 Å². The molecule has 0 saturated carbocycles. The van der Waals surface area contributed by atoms with E-state index in [9.17, 15) is 4.79 Å². The highest BCUT2D eigenvalue weighted by molar-refractivity contribution is 7.98. The Hall–Kier alpha value is -3.13. The highest BCUT2D eigenvalue weighted by atomic mass is 32.2. The van der Waals surface area contributed by atoms with Crippen molar-refractivity contribution in [1.82, 2.24) is 15.0 Å². The summed E-state index contributed by atoms with van der Waals surface area (Å²) in [6.07, 6.45) is 5.30. The van der Waals surface area contributed by atoms with Crippen LogP contribution in [0.4, 0.5) is 11.6 Å². The molecule has 8 heteroatoms. The number of amides is 1. The Morgan fingerprint density at radius 2 is 1.76 bits per heavy atom. The molecule has 0 bridgehead atoms. The maximum absolute atomic E-state index is 11.7. The van der Waals surface area contributed by atoms with E-state index in [1.165, 1.54) is 5.56 Å². The van der Waals surface area contributed by atoms with Gasteiger partial charge in [0.2, 0.25) is 0 Å². The number of thioether (sulfide) groups is 1. The van der Waals surface area contributed by atoms with Gasteiger partial charge in [0.15, 0.2) is 0 Å². The first-order chi connectivity index (χ1) is 14.2. The number of carbonyl (C=O) groups excluding carboxylic acids is 1. The molecule has 2 N–H and O–H groups in total. The Morgan fingerprint density at radius 1 is 1.00 bits per heavy atom. The molecule has 1 amide bonds. The zero-order chi connectivity index (χ0) is 20.1. The van der Waals surface area contributed by atoms with Gasteiger partial charge in [0.1, 0.15) is 16.7 Å². The molecular weight excluding hydrogens is 384 g/mol. The number of benzene rings is 1. The number of nitrogens with zero attached hydrogens (tertiary/aromatic N) is 5. The van der Waals surface area contributed by atoms with Crippen molar-refractivity contribution in [2.75, 3.05) is 36.0 Å². The molecule has 0 radical (unpaired) electrons. The summed E-state index contributed by atoms with van der Waals surface area (Å²) in [5, 5.41) is 0.912. The Kier molecular flexibility index (Phi) is 5.90. The van der Waals surface area contributed by atoms with Crippen molar-refractivity contribution in [2.24, 2.45) is 5.73 Å². The topological polar surface area (TPSA) is 88.2 Å². The molecule has 4 rings (SSSR count). The van der Waals surface area contributed by atoms with E-state index in [1.54, 1.807) is 42.5 Å². The molecule has 1 fully saturated rings. The summed E-state index contributed by atoms with van der Waals surface area (Å²) >= 11 is 1.68. The minimum atomic E-state index is -0.454. The van der Waals surface area contributed by atoms with Gasteiger partial charge in [-0.25, -0.2) is 9.97 Å². The third-order valence-electron chi connectivity index (χ3n) is 4.78. The summed E-state index contributed by atoms with van der Waals surface area (Å²) in [5.74, 6) is 1.93. The van der Waals surface area contributed by atoms with E-state index in [0.717, 1.165) is 42.8 Å². The maximum atomic E-state index is 11.7. The van der Waals surface area contributed by atoms with Crippen molar-refractivity contribution in [3.63, 3.8) is 0 Å². The molecule has 0 unspecified atom stereocenters. The molecule has 1 saturated heterocycles. The molecule has 1 aromatic carbocycles. The number of pyridine rings is 1. The molecule has 3 aromatic rings. The fraction of sp³-hybridized carbons (Fsp3) is 0.238. The maximum Gasteiger partial charge on any atom is 0.252 e. The summed E-state index contributed by atoms with van der Waals surface area (Å²) in [6.45, 7) is 3.02. The van der Waals surface area contributed by atoms with Crippen molar-refractivity contribution in [3.8, 4) is 0 Å². The normalized spacial score (nSPS) is 14.1.